The molecule has 1 aromatic heterocycles. The molecule has 0 aliphatic heterocycles. The summed E-state index contributed by atoms with van der Waals surface area (Å²) in [4.78, 5) is 7.60. The van der Waals surface area contributed by atoms with E-state index in [2.05, 4.69) is 9.97 Å². The smallest absolute Gasteiger partial charge is 0.223 e. The lowest BCUT2D eigenvalue weighted by Gasteiger charge is -1.96. The molecule has 0 amide bonds. The summed E-state index contributed by atoms with van der Waals surface area (Å²) in [5.74, 6) is 0. The van der Waals surface area contributed by atoms with Crippen molar-refractivity contribution >= 4 is 29.3 Å². The maximum absolute atomic E-state index is 5.79. The fourth-order valence-electron chi connectivity index (χ4n) is 0.769. The standard InChI is InChI=1S/C8H9Cl2N3/c9-7-6(3-1-2-4-11)5-12-8(10)13-7/h1,3,5H,2,4,11H2. The summed E-state index contributed by atoms with van der Waals surface area (Å²) >= 11 is 11.3. The third kappa shape index (κ3) is 3.30. The molecule has 0 radical (unpaired) electrons. The minimum atomic E-state index is 0.154. The Balaban J connectivity index is 2.77. The Morgan fingerprint density at radius 1 is 1.46 bits per heavy atom. The minimum absolute atomic E-state index is 0.154. The molecular weight excluding hydrogens is 209 g/mol. The average Bonchev–Trinajstić information content (AvgIpc) is 2.09. The van der Waals surface area contributed by atoms with E-state index in [4.69, 9.17) is 28.9 Å². The van der Waals surface area contributed by atoms with E-state index < -0.39 is 0 Å². The summed E-state index contributed by atoms with van der Waals surface area (Å²) in [6.07, 6.45) is 6.12. The van der Waals surface area contributed by atoms with Crippen LogP contribution in [0.5, 0.6) is 0 Å². The van der Waals surface area contributed by atoms with Gasteiger partial charge in [0.15, 0.2) is 0 Å². The predicted molar refractivity (Wildman–Crippen MR) is 54.8 cm³/mol. The van der Waals surface area contributed by atoms with Gasteiger partial charge in [0.2, 0.25) is 5.28 Å². The first-order valence-corrected chi connectivity index (χ1v) is 4.54. The lowest BCUT2D eigenvalue weighted by atomic mass is 10.3. The van der Waals surface area contributed by atoms with Crippen molar-refractivity contribution in [2.75, 3.05) is 6.54 Å². The van der Waals surface area contributed by atoms with Crippen LogP contribution in [0.15, 0.2) is 12.3 Å². The third-order valence-corrected chi connectivity index (χ3v) is 1.85. The van der Waals surface area contributed by atoms with E-state index in [0.717, 1.165) is 12.0 Å². The molecule has 0 bridgehead atoms. The van der Waals surface area contributed by atoms with Crippen LogP contribution in [0.1, 0.15) is 12.0 Å². The van der Waals surface area contributed by atoms with E-state index in [-0.39, 0.29) is 5.28 Å². The second kappa shape index (κ2) is 5.17. The second-order valence-electron chi connectivity index (χ2n) is 2.36. The zero-order valence-electron chi connectivity index (χ0n) is 6.87. The van der Waals surface area contributed by atoms with Crippen LogP contribution in [0.4, 0.5) is 0 Å². The Morgan fingerprint density at radius 3 is 2.85 bits per heavy atom. The fraction of sp³-hybridized carbons (Fsp3) is 0.250. The normalized spacial score (nSPS) is 11.0. The van der Waals surface area contributed by atoms with Crippen LogP contribution < -0.4 is 5.73 Å². The largest absolute Gasteiger partial charge is 0.330 e. The van der Waals surface area contributed by atoms with Crippen LogP contribution >= 0.6 is 23.2 Å². The highest BCUT2D eigenvalue weighted by Gasteiger charge is 1.99. The Labute approximate surface area is 86.6 Å². The van der Waals surface area contributed by atoms with E-state index in [9.17, 15) is 0 Å². The summed E-state index contributed by atoms with van der Waals surface area (Å²) in [6, 6.07) is 0. The molecule has 1 aromatic rings. The molecule has 1 rings (SSSR count). The molecule has 0 aliphatic rings. The van der Waals surface area contributed by atoms with Gasteiger partial charge in [-0.3, -0.25) is 0 Å². The number of rotatable bonds is 3. The summed E-state index contributed by atoms with van der Waals surface area (Å²) < 4.78 is 0. The first kappa shape index (κ1) is 10.4. The lowest BCUT2D eigenvalue weighted by molar-refractivity contribution is 1.01. The number of nitrogens with zero attached hydrogens (tertiary/aromatic N) is 2. The molecule has 0 atom stereocenters. The van der Waals surface area contributed by atoms with Crippen LogP contribution in [0.3, 0.4) is 0 Å². The van der Waals surface area contributed by atoms with Gasteiger partial charge in [0.25, 0.3) is 0 Å². The second-order valence-corrected chi connectivity index (χ2v) is 3.06. The zero-order valence-corrected chi connectivity index (χ0v) is 8.39. The molecule has 1 heterocycles. The van der Waals surface area contributed by atoms with E-state index in [1.165, 1.54) is 0 Å². The van der Waals surface area contributed by atoms with Crippen molar-refractivity contribution in [2.45, 2.75) is 6.42 Å². The van der Waals surface area contributed by atoms with Crippen LogP contribution in [0.2, 0.25) is 10.4 Å². The van der Waals surface area contributed by atoms with E-state index in [1.807, 2.05) is 12.2 Å². The van der Waals surface area contributed by atoms with Crippen molar-refractivity contribution in [3.63, 3.8) is 0 Å². The van der Waals surface area contributed by atoms with Crippen molar-refractivity contribution in [3.8, 4) is 0 Å². The quantitative estimate of drug-likeness (QED) is 0.624. The van der Waals surface area contributed by atoms with E-state index in [1.54, 1.807) is 6.20 Å². The SMILES string of the molecule is NCCC=Cc1cnc(Cl)nc1Cl. The molecule has 0 unspecified atom stereocenters. The van der Waals surface area contributed by atoms with Crippen molar-refractivity contribution < 1.29 is 0 Å². The Morgan fingerprint density at radius 2 is 2.23 bits per heavy atom. The summed E-state index contributed by atoms with van der Waals surface area (Å²) in [5.41, 5.74) is 6.07. The molecule has 0 aliphatic carbocycles. The predicted octanol–water partition coefficient (Wildman–Crippen LogP) is 2.15. The molecule has 0 fully saturated rings. The van der Waals surface area contributed by atoms with Crippen molar-refractivity contribution in [1.82, 2.24) is 9.97 Å². The van der Waals surface area contributed by atoms with Gasteiger partial charge in [0, 0.05) is 11.8 Å². The number of hydrogen-bond donors (Lipinski definition) is 1. The van der Waals surface area contributed by atoms with Crippen LogP contribution in [-0.2, 0) is 0 Å². The summed E-state index contributed by atoms with van der Waals surface area (Å²) in [5, 5.41) is 0.509. The molecule has 0 saturated heterocycles. The Hall–Kier alpha value is -0.640. The van der Waals surface area contributed by atoms with E-state index in [0.29, 0.717) is 11.7 Å². The molecule has 13 heavy (non-hydrogen) atoms. The first-order valence-electron chi connectivity index (χ1n) is 3.78. The molecule has 0 saturated carbocycles. The van der Waals surface area contributed by atoms with E-state index >= 15 is 0 Å². The highest BCUT2D eigenvalue weighted by Crippen LogP contribution is 2.15. The van der Waals surface area contributed by atoms with Gasteiger partial charge in [0.1, 0.15) is 5.15 Å². The monoisotopic (exact) mass is 217 g/mol. The number of aromatic nitrogens is 2. The van der Waals surface area contributed by atoms with Gasteiger partial charge < -0.3 is 5.73 Å². The topological polar surface area (TPSA) is 51.8 Å². The van der Waals surface area contributed by atoms with Gasteiger partial charge in [0.05, 0.1) is 0 Å². The maximum atomic E-state index is 5.79. The van der Waals surface area contributed by atoms with Crippen LogP contribution in [0.25, 0.3) is 6.08 Å². The van der Waals surface area contributed by atoms with Gasteiger partial charge in [-0.1, -0.05) is 23.8 Å². The highest BCUT2D eigenvalue weighted by atomic mass is 35.5. The Kier molecular flexibility index (Phi) is 4.15. The van der Waals surface area contributed by atoms with Gasteiger partial charge in [-0.05, 0) is 24.6 Å². The molecule has 3 nitrogen and oxygen atoms in total. The van der Waals surface area contributed by atoms with Gasteiger partial charge in [-0.15, -0.1) is 0 Å². The zero-order chi connectivity index (χ0) is 9.68. The third-order valence-electron chi connectivity index (χ3n) is 1.37. The van der Waals surface area contributed by atoms with Crippen molar-refractivity contribution in [3.05, 3.63) is 28.3 Å². The molecule has 0 spiro atoms. The number of hydrogen-bond acceptors (Lipinski definition) is 3. The minimum Gasteiger partial charge on any atom is -0.330 e. The number of halogens is 2. The molecule has 5 heteroatoms. The Bertz CT molecular complexity index is 312. The van der Waals surface area contributed by atoms with Gasteiger partial charge in [-0.2, -0.15) is 0 Å². The van der Waals surface area contributed by atoms with Crippen LogP contribution in [0, 0.1) is 0 Å². The first-order chi connectivity index (χ1) is 6.24. The lowest BCUT2D eigenvalue weighted by Crippen LogP contribution is -1.95. The van der Waals surface area contributed by atoms with Gasteiger partial charge >= 0.3 is 0 Å². The maximum Gasteiger partial charge on any atom is 0.223 e. The molecule has 0 aromatic carbocycles. The van der Waals surface area contributed by atoms with Crippen LogP contribution in [-0.4, -0.2) is 16.5 Å². The highest BCUT2D eigenvalue weighted by molar-refractivity contribution is 6.32. The van der Waals surface area contributed by atoms with Crippen molar-refractivity contribution in [2.24, 2.45) is 5.73 Å². The summed E-state index contributed by atoms with van der Waals surface area (Å²) in [6.45, 7) is 0.614. The average molecular weight is 218 g/mol. The molecule has 2 N–H and O–H groups in total. The fourth-order valence-corrected chi connectivity index (χ4v) is 1.14. The molecule has 70 valence electrons. The molecular formula is C8H9Cl2N3. The van der Waals surface area contributed by atoms with Gasteiger partial charge in [-0.25, -0.2) is 9.97 Å². The summed E-state index contributed by atoms with van der Waals surface area (Å²) in [7, 11) is 0. The van der Waals surface area contributed by atoms with Crippen molar-refractivity contribution in [1.29, 1.82) is 0 Å². The number of nitrogens with two attached hydrogens (primary N) is 1.